The summed E-state index contributed by atoms with van der Waals surface area (Å²) in [5.74, 6) is 2.08. The second-order valence-electron chi connectivity index (χ2n) is 16.4. The Labute approximate surface area is 212 Å². The van der Waals surface area contributed by atoms with Crippen LogP contribution in [-0.4, -0.2) is 44.8 Å². The molecule has 198 valence electrons. The quantitative estimate of drug-likeness (QED) is 0.469. The van der Waals surface area contributed by atoms with Crippen LogP contribution in [0.5, 0.6) is 0 Å². The Morgan fingerprint density at radius 3 is 2.23 bits per heavy atom. The molecule has 0 amide bonds. The third-order valence-corrected chi connectivity index (χ3v) is 14.9. The zero-order chi connectivity index (χ0) is 25.2. The minimum absolute atomic E-state index is 0.00836. The molecular weight excluding hydrogens is 436 g/mol. The Bertz CT molecular complexity index is 954. The van der Waals surface area contributed by atoms with Gasteiger partial charge in [-0.25, -0.2) is 0 Å². The summed E-state index contributed by atoms with van der Waals surface area (Å²) in [6, 6.07) is 0. The van der Waals surface area contributed by atoms with E-state index >= 15 is 0 Å². The average molecular weight is 487 g/mol. The third-order valence-electron chi connectivity index (χ3n) is 14.9. The monoisotopic (exact) mass is 486 g/mol. The van der Waals surface area contributed by atoms with Crippen LogP contribution >= 0.6 is 0 Å². The molecule has 5 aliphatic carbocycles. The number of ether oxygens (including phenoxy) is 1. The maximum atomic E-state index is 12.6. The normalized spacial score (nSPS) is 63.9. The van der Waals surface area contributed by atoms with Gasteiger partial charge in [0.15, 0.2) is 0 Å². The van der Waals surface area contributed by atoms with Crippen molar-refractivity contribution in [3.8, 4) is 0 Å². The van der Waals surface area contributed by atoms with Gasteiger partial charge in [0, 0.05) is 11.3 Å². The summed E-state index contributed by atoms with van der Waals surface area (Å²) in [5, 5.41) is 34.6. The van der Waals surface area contributed by atoms with Crippen molar-refractivity contribution in [1.82, 2.24) is 0 Å². The first-order chi connectivity index (χ1) is 16.1. The molecule has 3 spiro atoms. The molecule has 0 radical (unpaired) electrons. The Kier molecular flexibility index (Phi) is 4.34. The average Bonchev–Trinajstić information content (AvgIpc) is 3.28. The van der Waals surface area contributed by atoms with Crippen molar-refractivity contribution in [2.24, 2.45) is 56.7 Å². The molecule has 4 nitrogen and oxygen atoms in total. The van der Waals surface area contributed by atoms with Gasteiger partial charge in [0.05, 0.1) is 29.5 Å². The minimum atomic E-state index is -0.785. The van der Waals surface area contributed by atoms with Gasteiger partial charge in [-0.15, -0.1) is 0 Å². The summed E-state index contributed by atoms with van der Waals surface area (Å²) in [5.41, 5.74) is -0.706. The van der Waals surface area contributed by atoms with Crippen LogP contribution in [0, 0.1) is 56.7 Å². The lowest BCUT2D eigenvalue weighted by Crippen LogP contribution is -2.60. The predicted molar refractivity (Wildman–Crippen MR) is 135 cm³/mol. The van der Waals surface area contributed by atoms with Crippen LogP contribution in [-0.2, 0) is 4.74 Å². The van der Waals surface area contributed by atoms with Crippen LogP contribution in [0.4, 0.5) is 0 Å². The Morgan fingerprint density at radius 2 is 1.54 bits per heavy atom. The zero-order valence-electron chi connectivity index (χ0n) is 23.2. The smallest absolute Gasteiger partial charge is 0.0990 e. The SMILES string of the molecule is C[C@@H]1C[C@H]2O[C@@]3(C[C@@H]2C(C)(C)O)[C@H](O)[C@@]2(C)[C@@H]4CC[C@H]5C(C)(C)[C@@H](O)CC[C@@]56C[C@@]46CC[C@]2(C)[C@@H]13. The first-order valence-electron chi connectivity index (χ1n) is 14.9. The first-order valence-corrected chi connectivity index (χ1v) is 14.9. The third kappa shape index (κ3) is 2.31. The lowest BCUT2D eigenvalue weighted by Gasteiger charge is -2.63. The highest BCUT2D eigenvalue weighted by molar-refractivity contribution is 5.35. The Balaban J connectivity index is 1.33. The molecule has 4 heteroatoms. The number of hydrogen-bond donors (Lipinski definition) is 3. The van der Waals surface area contributed by atoms with E-state index in [4.69, 9.17) is 4.74 Å². The van der Waals surface area contributed by atoms with E-state index in [1.54, 1.807) is 0 Å². The van der Waals surface area contributed by atoms with Crippen LogP contribution in [0.3, 0.4) is 0 Å². The molecule has 7 fully saturated rings. The number of hydrogen-bond acceptors (Lipinski definition) is 4. The fraction of sp³-hybridized carbons (Fsp3) is 1.00. The van der Waals surface area contributed by atoms with Crippen molar-refractivity contribution in [3.05, 3.63) is 0 Å². The standard InChI is InChI=1S/C31H50O4/c1-17-14-19-18(26(4,5)34)15-31(35-19)23(17)27(6)12-13-30-16-29(30)11-10-22(32)25(2,3)20(29)8-9-21(30)28(27,7)24(31)33/h17-24,32-34H,8-16H2,1-7H3/t17-,18+,19-,20+,21+,22+,23-,24-,27-,28-,29-,30+,31-/m1/s1. The Morgan fingerprint density at radius 1 is 0.886 bits per heavy atom. The molecule has 0 aromatic heterocycles. The molecule has 7 rings (SSSR count). The molecule has 13 atom stereocenters. The number of aliphatic hydroxyl groups excluding tert-OH is 2. The fourth-order valence-electron chi connectivity index (χ4n) is 13.5. The van der Waals surface area contributed by atoms with Gasteiger partial charge in [0.2, 0.25) is 0 Å². The molecule has 3 N–H and O–H groups in total. The van der Waals surface area contributed by atoms with E-state index in [2.05, 4.69) is 34.6 Å². The van der Waals surface area contributed by atoms with Gasteiger partial charge in [0.25, 0.3) is 0 Å². The van der Waals surface area contributed by atoms with Gasteiger partial charge in [0.1, 0.15) is 0 Å². The van der Waals surface area contributed by atoms with E-state index < -0.39 is 17.3 Å². The van der Waals surface area contributed by atoms with Crippen LogP contribution in [0.15, 0.2) is 0 Å². The maximum Gasteiger partial charge on any atom is 0.0990 e. The molecule has 0 aromatic rings. The molecule has 5 saturated carbocycles. The topological polar surface area (TPSA) is 69.9 Å². The summed E-state index contributed by atoms with van der Waals surface area (Å²) in [7, 11) is 0. The first kappa shape index (κ1) is 23.9. The van der Waals surface area contributed by atoms with Crippen LogP contribution in [0.1, 0.15) is 106 Å². The summed E-state index contributed by atoms with van der Waals surface area (Å²) in [4.78, 5) is 0. The summed E-state index contributed by atoms with van der Waals surface area (Å²) >= 11 is 0. The van der Waals surface area contributed by atoms with Crippen molar-refractivity contribution in [3.63, 3.8) is 0 Å². The fourth-order valence-corrected chi connectivity index (χ4v) is 13.5. The molecule has 0 aromatic carbocycles. The number of fused-ring (bicyclic) bond motifs is 4. The van der Waals surface area contributed by atoms with Crippen LogP contribution in [0.25, 0.3) is 0 Å². The van der Waals surface area contributed by atoms with E-state index in [9.17, 15) is 15.3 Å². The van der Waals surface area contributed by atoms with Gasteiger partial charge >= 0.3 is 0 Å². The lowest BCUT2D eigenvalue weighted by atomic mass is 9.41. The van der Waals surface area contributed by atoms with E-state index in [1.807, 2.05) is 13.8 Å². The Hall–Kier alpha value is -0.160. The van der Waals surface area contributed by atoms with Crippen molar-refractivity contribution in [1.29, 1.82) is 0 Å². The summed E-state index contributed by atoms with van der Waals surface area (Å²) in [6.07, 6.45) is 9.49. The van der Waals surface area contributed by atoms with Crippen LogP contribution in [0.2, 0.25) is 0 Å². The molecular formula is C31H50O4. The molecule has 0 unspecified atom stereocenters. The van der Waals surface area contributed by atoms with Crippen molar-refractivity contribution >= 4 is 0 Å². The zero-order valence-corrected chi connectivity index (χ0v) is 23.2. The van der Waals surface area contributed by atoms with Gasteiger partial charge in [-0.1, -0.05) is 34.6 Å². The van der Waals surface area contributed by atoms with Crippen molar-refractivity contribution < 1.29 is 20.1 Å². The molecule has 35 heavy (non-hydrogen) atoms. The van der Waals surface area contributed by atoms with Gasteiger partial charge in [-0.3, -0.25) is 0 Å². The summed E-state index contributed by atoms with van der Waals surface area (Å²) in [6.45, 7) is 15.9. The molecule has 2 bridgehead atoms. The molecule has 7 aliphatic rings. The highest BCUT2D eigenvalue weighted by atomic mass is 16.5. The van der Waals surface area contributed by atoms with E-state index in [-0.39, 0.29) is 34.4 Å². The maximum absolute atomic E-state index is 12.6. The van der Waals surface area contributed by atoms with Gasteiger partial charge < -0.3 is 20.1 Å². The molecule has 2 heterocycles. The second-order valence-corrected chi connectivity index (χ2v) is 16.4. The molecule has 2 saturated heterocycles. The second kappa shape index (κ2) is 6.35. The van der Waals surface area contributed by atoms with Gasteiger partial charge in [-0.05, 0) is 117 Å². The van der Waals surface area contributed by atoms with Crippen LogP contribution < -0.4 is 0 Å². The summed E-state index contributed by atoms with van der Waals surface area (Å²) < 4.78 is 6.99. The van der Waals surface area contributed by atoms with E-state index in [0.717, 1.165) is 19.3 Å². The lowest BCUT2D eigenvalue weighted by molar-refractivity contribution is -0.191. The predicted octanol–water partition coefficient (Wildman–Crippen LogP) is 5.32. The van der Waals surface area contributed by atoms with Crippen molar-refractivity contribution in [2.45, 2.75) is 136 Å². The largest absolute Gasteiger partial charge is 0.393 e. The minimum Gasteiger partial charge on any atom is -0.393 e. The van der Waals surface area contributed by atoms with E-state index in [1.165, 1.54) is 38.5 Å². The van der Waals surface area contributed by atoms with Crippen molar-refractivity contribution in [2.75, 3.05) is 0 Å². The highest BCUT2D eigenvalue weighted by Crippen LogP contribution is 2.90. The number of rotatable bonds is 1. The molecule has 2 aliphatic heterocycles. The van der Waals surface area contributed by atoms with Gasteiger partial charge in [-0.2, -0.15) is 0 Å². The number of aliphatic hydroxyl groups is 3. The van der Waals surface area contributed by atoms with E-state index in [0.29, 0.717) is 34.5 Å². The highest BCUT2D eigenvalue weighted by Gasteiger charge is 2.87.